The monoisotopic (exact) mass is 524 g/mol. The number of halogens is 3. The summed E-state index contributed by atoms with van der Waals surface area (Å²) in [5.41, 5.74) is -6.91. The maximum atomic E-state index is 13.5. The van der Waals surface area contributed by atoms with Crippen LogP contribution in [0.5, 0.6) is 11.5 Å². The summed E-state index contributed by atoms with van der Waals surface area (Å²) in [7, 11) is -8.76. The van der Waals surface area contributed by atoms with E-state index in [1.807, 2.05) is 6.92 Å². The van der Waals surface area contributed by atoms with Crippen molar-refractivity contribution in [2.75, 3.05) is 12.9 Å². The number of methoxy groups -OCH3 is 1. The second kappa shape index (κ2) is 7.51. The van der Waals surface area contributed by atoms with Gasteiger partial charge < -0.3 is 8.92 Å². The Morgan fingerprint density at radius 3 is 2.26 bits per heavy atom. The maximum absolute atomic E-state index is 13.5. The predicted octanol–water partition coefficient (Wildman–Crippen LogP) is 5.21. The van der Waals surface area contributed by atoms with E-state index in [0.717, 1.165) is 31.7 Å². The van der Waals surface area contributed by atoms with Gasteiger partial charge in [0, 0.05) is 17.0 Å². The van der Waals surface area contributed by atoms with Gasteiger partial charge in [-0.05, 0) is 54.4 Å². The predicted molar refractivity (Wildman–Crippen MR) is 120 cm³/mol. The Balaban J connectivity index is 1.98. The summed E-state index contributed by atoms with van der Waals surface area (Å²) >= 11 is 0. The molecule has 1 aromatic carbocycles. The highest BCUT2D eigenvalue weighted by atomic mass is 32.2. The Hall–Kier alpha value is -1.49. The number of rotatable bonds is 3. The fourth-order valence-corrected chi connectivity index (χ4v) is 10.1. The van der Waals surface area contributed by atoms with E-state index in [1.165, 1.54) is 13.2 Å². The van der Waals surface area contributed by atoms with Crippen molar-refractivity contribution in [3.05, 3.63) is 17.7 Å². The van der Waals surface area contributed by atoms with Crippen LogP contribution in [0.15, 0.2) is 17.0 Å². The average molecular weight is 525 g/mol. The highest BCUT2D eigenvalue weighted by molar-refractivity contribution is 7.91. The number of benzene rings is 1. The molecule has 2 aliphatic carbocycles. The molecule has 0 aromatic heterocycles. The Kier molecular flexibility index (Phi) is 5.65. The van der Waals surface area contributed by atoms with Gasteiger partial charge in [0.05, 0.1) is 17.8 Å². The van der Waals surface area contributed by atoms with Crippen molar-refractivity contribution in [2.24, 2.45) is 22.7 Å². The molecule has 0 bridgehead atoms. The van der Waals surface area contributed by atoms with Crippen molar-refractivity contribution in [1.29, 1.82) is 0 Å². The van der Waals surface area contributed by atoms with E-state index in [9.17, 15) is 30.0 Å². The first-order valence-corrected chi connectivity index (χ1v) is 14.4. The number of alkyl halides is 3. The minimum absolute atomic E-state index is 0.00275. The van der Waals surface area contributed by atoms with E-state index in [0.29, 0.717) is 6.42 Å². The molecule has 0 spiro atoms. The third-order valence-electron chi connectivity index (χ3n) is 8.84. The van der Waals surface area contributed by atoms with Crippen LogP contribution in [0.2, 0.25) is 0 Å². The Morgan fingerprint density at radius 2 is 1.68 bits per heavy atom. The van der Waals surface area contributed by atoms with E-state index in [1.54, 1.807) is 0 Å². The van der Waals surface area contributed by atoms with Gasteiger partial charge in [-0.2, -0.15) is 21.6 Å². The lowest BCUT2D eigenvalue weighted by molar-refractivity contribution is -0.0984. The summed E-state index contributed by atoms with van der Waals surface area (Å²) in [5, 5.41) is 0. The first kappa shape index (κ1) is 25.6. The van der Waals surface area contributed by atoms with Crippen LogP contribution >= 0.6 is 0 Å². The second-order valence-electron chi connectivity index (χ2n) is 11.2. The maximum Gasteiger partial charge on any atom is 0.534 e. The number of hydrogen-bond acceptors (Lipinski definition) is 6. The zero-order chi connectivity index (χ0) is 25.5. The van der Waals surface area contributed by atoms with Crippen molar-refractivity contribution >= 4 is 20.0 Å². The standard InChI is InChI=1S/C23H31F3O6S2/c1-20(2)8-6-9-21(3)17(20)7-10-22(4)18(21)13-33(27,28)16-12-14(31-5)11-15(19(16)22)32-34(29,30)23(24,25)26/h11-12,17-18H,6-10,13H2,1-5H3/t17-,18+,21-,22+/m0/s1. The van der Waals surface area contributed by atoms with Crippen LogP contribution in [0.25, 0.3) is 0 Å². The van der Waals surface area contributed by atoms with Crippen LogP contribution in [0.1, 0.15) is 65.4 Å². The average Bonchev–Trinajstić information content (AvgIpc) is 2.67. The van der Waals surface area contributed by atoms with Gasteiger partial charge in [-0.3, -0.25) is 0 Å². The van der Waals surface area contributed by atoms with E-state index in [4.69, 9.17) is 4.74 Å². The third kappa shape index (κ3) is 3.63. The van der Waals surface area contributed by atoms with Crippen LogP contribution in [-0.4, -0.2) is 35.2 Å². The Labute approximate surface area is 199 Å². The smallest absolute Gasteiger partial charge is 0.497 e. The van der Waals surface area contributed by atoms with Crippen molar-refractivity contribution < 1.29 is 38.9 Å². The molecule has 11 heteroatoms. The molecule has 6 nitrogen and oxygen atoms in total. The van der Waals surface area contributed by atoms with Crippen LogP contribution in [0.3, 0.4) is 0 Å². The summed E-state index contributed by atoms with van der Waals surface area (Å²) in [6, 6.07) is 2.31. The van der Waals surface area contributed by atoms with Gasteiger partial charge in [0.25, 0.3) is 0 Å². The largest absolute Gasteiger partial charge is 0.534 e. The normalized spacial score (nSPS) is 34.4. The van der Waals surface area contributed by atoms with E-state index < -0.39 is 42.5 Å². The molecule has 4 rings (SSSR count). The number of fused-ring (bicyclic) bond motifs is 5. The third-order valence-corrected chi connectivity index (χ3v) is 11.6. The van der Waals surface area contributed by atoms with Gasteiger partial charge >= 0.3 is 15.6 Å². The summed E-state index contributed by atoms with van der Waals surface area (Å²) < 4.78 is 100. The molecule has 0 amide bonds. The summed E-state index contributed by atoms with van der Waals surface area (Å²) in [4.78, 5) is -0.213. The van der Waals surface area contributed by atoms with E-state index in [-0.39, 0.29) is 38.7 Å². The summed E-state index contributed by atoms with van der Waals surface area (Å²) in [5.74, 6) is -1.03. The molecule has 2 saturated carbocycles. The summed E-state index contributed by atoms with van der Waals surface area (Å²) in [6.07, 6.45) is 4.02. The lowest BCUT2D eigenvalue weighted by Crippen LogP contribution is -2.60. The summed E-state index contributed by atoms with van der Waals surface area (Å²) in [6.45, 7) is 8.32. The molecular formula is C23H31F3O6S2. The zero-order valence-electron chi connectivity index (χ0n) is 20.0. The van der Waals surface area contributed by atoms with Gasteiger partial charge in [0.15, 0.2) is 15.6 Å². The van der Waals surface area contributed by atoms with Crippen LogP contribution in [0.4, 0.5) is 13.2 Å². The van der Waals surface area contributed by atoms with Crippen LogP contribution in [-0.2, 0) is 25.4 Å². The van der Waals surface area contributed by atoms with E-state index in [2.05, 4.69) is 25.0 Å². The molecule has 1 aliphatic heterocycles. The lowest BCUT2D eigenvalue weighted by Gasteiger charge is -2.63. The molecule has 2 fully saturated rings. The minimum Gasteiger partial charge on any atom is -0.497 e. The van der Waals surface area contributed by atoms with Crippen molar-refractivity contribution in [1.82, 2.24) is 0 Å². The van der Waals surface area contributed by atoms with Gasteiger partial charge in [-0.25, -0.2) is 8.42 Å². The molecule has 0 saturated heterocycles. The van der Waals surface area contributed by atoms with Gasteiger partial charge in [-0.1, -0.05) is 34.1 Å². The molecule has 4 atom stereocenters. The SMILES string of the molecule is COc1cc(OS(=O)(=O)C(F)(F)F)c2c(c1)S(=O)(=O)C[C@@H]1[C@@]3(C)CCCC(C)(C)[C@@H]3CC[C@@]21C. The highest BCUT2D eigenvalue weighted by Gasteiger charge is 2.63. The molecule has 1 heterocycles. The number of sulfone groups is 1. The lowest BCUT2D eigenvalue weighted by atomic mass is 9.43. The van der Waals surface area contributed by atoms with E-state index >= 15 is 0 Å². The van der Waals surface area contributed by atoms with Crippen molar-refractivity contribution in [3.63, 3.8) is 0 Å². The van der Waals surface area contributed by atoms with Crippen molar-refractivity contribution in [3.8, 4) is 11.5 Å². The molecule has 192 valence electrons. The van der Waals surface area contributed by atoms with Crippen LogP contribution in [0, 0.1) is 22.7 Å². The molecule has 1 aromatic rings. The molecule has 0 N–H and O–H groups in total. The molecular weight excluding hydrogens is 493 g/mol. The topological polar surface area (TPSA) is 86.7 Å². The fraction of sp³-hybridized carbons (Fsp3) is 0.739. The quantitative estimate of drug-likeness (QED) is 0.399. The molecule has 0 unspecified atom stereocenters. The van der Waals surface area contributed by atoms with Crippen LogP contribution < -0.4 is 8.92 Å². The number of hydrogen-bond donors (Lipinski definition) is 0. The van der Waals surface area contributed by atoms with Crippen molar-refractivity contribution in [2.45, 2.75) is 75.6 Å². The van der Waals surface area contributed by atoms with Gasteiger partial charge in [0.1, 0.15) is 5.75 Å². The minimum atomic E-state index is -6.02. The Bertz CT molecular complexity index is 1220. The van der Waals surface area contributed by atoms with Gasteiger partial charge in [-0.15, -0.1) is 0 Å². The van der Waals surface area contributed by atoms with Gasteiger partial charge in [0.2, 0.25) is 0 Å². The Morgan fingerprint density at radius 1 is 1.03 bits per heavy atom. The molecule has 0 radical (unpaired) electrons. The molecule has 3 aliphatic rings. The molecule has 34 heavy (non-hydrogen) atoms. The zero-order valence-corrected chi connectivity index (χ0v) is 21.6. The first-order valence-electron chi connectivity index (χ1n) is 11.4. The second-order valence-corrected chi connectivity index (χ2v) is 14.7. The highest BCUT2D eigenvalue weighted by Crippen LogP contribution is 2.67. The first-order chi connectivity index (χ1) is 15.4. The number of ether oxygens (including phenoxy) is 1. The fourth-order valence-electron chi connectivity index (χ4n) is 7.36.